The Labute approximate surface area is 109 Å². The van der Waals surface area contributed by atoms with Gasteiger partial charge in [0.1, 0.15) is 5.76 Å². The molecule has 2 rings (SSSR count). The molecule has 1 aliphatic carbocycles. The summed E-state index contributed by atoms with van der Waals surface area (Å²) in [6, 6.07) is 0. The molecule has 1 heterocycles. The summed E-state index contributed by atoms with van der Waals surface area (Å²) in [5.41, 5.74) is 1.61. The van der Waals surface area contributed by atoms with Gasteiger partial charge in [-0.2, -0.15) is 0 Å². The molecule has 1 aliphatic rings. The van der Waals surface area contributed by atoms with Gasteiger partial charge in [0.05, 0.1) is 12.3 Å². The first-order valence-electron chi connectivity index (χ1n) is 6.55. The number of hydrogen-bond acceptors (Lipinski definition) is 4. The smallest absolute Gasteiger partial charge is 0.181 e. The van der Waals surface area contributed by atoms with Crippen LogP contribution in [0.4, 0.5) is 0 Å². The van der Waals surface area contributed by atoms with Gasteiger partial charge in [-0.05, 0) is 10.8 Å². The lowest BCUT2D eigenvalue weighted by molar-refractivity contribution is 0.199. The van der Waals surface area contributed by atoms with Gasteiger partial charge < -0.3 is 14.5 Å². The number of rotatable bonds is 6. The predicted molar refractivity (Wildman–Crippen MR) is 70.4 cm³/mol. The molecule has 4 nitrogen and oxygen atoms in total. The van der Waals surface area contributed by atoms with Gasteiger partial charge in [-0.25, -0.2) is 4.98 Å². The Morgan fingerprint density at radius 2 is 2.00 bits per heavy atom. The van der Waals surface area contributed by atoms with Gasteiger partial charge in [0.25, 0.3) is 0 Å². The number of oxazole rings is 1. The number of ether oxygens (including phenoxy) is 1. The van der Waals surface area contributed by atoms with Crippen LogP contribution in [-0.2, 0) is 11.3 Å². The van der Waals surface area contributed by atoms with Gasteiger partial charge in [0.2, 0.25) is 0 Å². The minimum absolute atomic E-state index is 0.286. The van der Waals surface area contributed by atoms with Crippen molar-refractivity contribution >= 4 is 0 Å². The summed E-state index contributed by atoms with van der Waals surface area (Å²) in [6.07, 6.45) is 1.56. The van der Waals surface area contributed by atoms with Crippen molar-refractivity contribution in [3.05, 3.63) is 17.8 Å². The highest BCUT2D eigenvalue weighted by Crippen LogP contribution is 2.73. The van der Waals surface area contributed by atoms with Crippen molar-refractivity contribution in [2.75, 3.05) is 20.3 Å². The zero-order valence-corrected chi connectivity index (χ0v) is 12.0. The van der Waals surface area contributed by atoms with Crippen molar-refractivity contribution in [2.45, 2.75) is 40.2 Å². The number of hydrogen-bond donors (Lipinski definition) is 1. The third-order valence-electron chi connectivity index (χ3n) is 4.73. The van der Waals surface area contributed by atoms with E-state index in [2.05, 4.69) is 38.0 Å². The molecule has 4 heteroatoms. The summed E-state index contributed by atoms with van der Waals surface area (Å²) >= 11 is 0. The van der Waals surface area contributed by atoms with E-state index < -0.39 is 0 Å². The Morgan fingerprint density at radius 3 is 2.56 bits per heavy atom. The third kappa shape index (κ3) is 2.08. The lowest BCUT2D eigenvalue weighted by atomic mass is 10.0. The van der Waals surface area contributed by atoms with Crippen molar-refractivity contribution in [2.24, 2.45) is 10.8 Å². The lowest BCUT2D eigenvalue weighted by Gasteiger charge is -2.04. The summed E-state index contributed by atoms with van der Waals surface area (Å²) in [5, 5.41) is 3.32. The average Bonchev–Trinajstić information content (AvgIpc) is 2.66. The maximum Gasteiger partial charge on any atom is 0.181 e. The third-order valence-corrected chi connectivity index (χ3v) is 4.73. The summed E-state index contributed by atoms with van der Waals surface area (Å²) in [4.78, 5) is 4.34. The van der Waals surface area contributed by atoms with Gasteiger partial charge in [0.15, 0.2) is 6.39 Å². The highest BCUT2D eigenvalue weighted by molar-refractivity contribution is 5.31. The van der Waals surface area contributed by atoms with Crippen LogP contribution >= 0.6 is 0 Å². The molecule has 1 fully saturated rings. The Hall–Kier alpha value is -0.870. The molecule has 1 aromatic heterocycles. The first-order valence-corrected chi connectivity index (χ1v) is 6.55. The molecule has 0 atom stereocenters. The van der Waals surface area contributed by atoms with E-state index in [0.29, 0.717) is 12.5 Å². The fourth-order valence-corrected chi connectivity index (χ4v) is 2.88. The maximum absolute atomic E-state index is 5.63. The monoisotopic (exact) mass is 252 g/mol. The van der Waals surface area contributed by atoms with Crippen LogP contribution in [0.15, 0.2) is 10.8 Å². The second-order valence-electron chi connectivity index (χ2n) is 6.21. The van der Waals surface area contributed by atoms with E-state index in [1.807, 2.05) is 0 Å². The van der Waals surface area contributed by atoms with Crippen molar-refractivity contribution in [3.8, 4) is 0 Å². The molecule has 0 radical (unpaired) electrons. The fourth-order valence-electron chi connectivity index (χ4n) is 2.88. The topological polar surface area (TPSA) is 47.3 Å². The Kier molecular flexibility index (Phi) is 3.52. The van der Waals surface area contributed by atoms with Crippen LogP contribution in [0.2, 0.25) is 0 Å². The SMILES string of the molecule is COCCNCc1ncoc1C1C(C)(C)C1(C)C. The van der Waals surface area contributed by atoms with Gasteiger partial charge >= 0.3 is 0 Å². The van der Waals surface area contributed by atoms with Crippen molar-refractivity contribution in [3.63, 3.8) is 0 Å². The van der Waals surface area contributed by atoms with Crippen LogP contribution in [-0.4, -0.2) is 25.2 Å². The average molecular weight is 252 g/mol. The predicted octanol–water partition coefficient (Wildman–Crippen LogP) is 2.56. The Balaban J connectivity index is 2.01. The van der Waals surface area contributed by atoms with Crippen molar-refractivity contribution in [1.29, 1.82) is 0 Å². The molecule has 0 amide bonds. The Bertz CT molecular complexity index is 396. The number of nitrogens with zero attached hydrogens (tertiary/aromatic N) is 1. The summed E-state index contributed by atoms with van der Waals surface area (Å²) in [6.45, 7) is 11.5. The zero-order valence-electron chi connectivity index (χ0n) is 12.0. The maximum atomic E-state index is 5.63. The van der Waals surface area contributed by atoms with Gasteiger partial charge in [0, 0.05) is 26.1 Å². The van der Waals surface area contributed by atoms with Crippen LogP contribution in [0.3, 0.4) is 0 Å². The number of nitrogens with one attached hydrogen (secondary N) is 1. The molecule has 0 unspecified atom stereocenters. The van der Waals surface area contributed by atoms with Gasteiger partial charge in [-0.1, -0.05) is 27.7 Å². The van der Waals surface area contributed by atoms with Crippen LogP contribution in [0.1, 0.15) is 45.1 Å². The summed E-state index contributed by atoms with van der Waals surface area (Å²) in [5.74, 6) is 1.52. The number of aromatic nitrogens is 1. The first-order chi connectivity index (χ1) is 8.43. The normalized spacial score (nSPS) is 21.2. The molecular formula is C14H24N2O2. The fraction of sp³-hybridized carbons (Fsp3) is 0.786. The standard InChI is InChI=1S/C14H24N2O2/c1-13(2)12(14(13,3)4)11-10(16-9-18-11)8-15-6-7-17-5/h9,12,15H,6-8H2,1-5H3. The van der Waals surface area contributed by atoms with E-state index in [-0.39, 0.29) is 10.8 Å². The van der Waals surface area contributed by atoms with E-state index >= 15 is 0 Å². The molecule has 0 saturated heterocycles. The highest BCUT2D eigenvalue weighted by Gasteiger charge is 2.67. The molecular weight excluding hydrogens is 228 g/mol. The van der Waals surface area contributed by atoms with E-state index in [1.165, 1.54) is 0 Å². The second-order valence-corrected chi connectivity index (χ2v) is 6.21. The quantitative estimate of drug-likeness (QED) is 0.790. The molecule has 102 valence electrons. The van der Waals surface area contributed by atoms with Gasteiger partial charge in [-0.3, -0.25) is 0 Å². The van der Waals surface area contributed by atoms with Crippen LogP contribution in [0, 0.1) is 10.8 Å². The minimum Gasteiger partial charge on any atom is -0.448 e. The largest absolute Gasteiger partial charge is 0.448 e. The van der Waals surface area contributed by atoms with E-state index in [0.717, 1.165) is 24.5 Å². The summed E-state index contributed by atoms with van der Waals surface area (Å²) < 4.78 is 10.6. The molecule has 18 heavy (non-hydrogen) atoms. The van der Waals surface area contributed by atoms with Gasteiger partial charge in [-0.15, -0.1) is 0 Å². The van der Waals surface area contributed by atoms with Crippen molar-refractivity contribution in [1.82, 2.24) is 10.3 Å². The highest BCUT2D eigenvalue weighted by atomic mass is 16.5. The molecule has 1 N–H and O–H groups in total. The molecule has 0 spiro atoms. The molecule has 1 aromatic rings. The lowest BCUT2D eigenvalue weighted by Crippen LogP contribution is -2.19. The molecule has 0 aliphatic heterocycles. The van der Waals surface area contributed by atoms with E-state index in [4.69, 9.17) is 9.15 Å². The first kappa shape index (κ1) is 13.6. The van der Waals surface area contributed by atoms with Crippen LogP contribution in [0.5, 0.6) is 0 Å². The van der Waals surface area contributed by atoms with Crippen LogP contribution < -0.4 is 5.32 Å². The molecule has 0 bridgehead atoms. The van der Waals surface area contributed by atoms with E-state index in [9.17, 15) is 0 Å². The van der Waals surface area contributed by atoms with Crippen LogP contribution in [0.25, 0.3) is 0 Å². The second kappa shape index (κ2) is 4.67. The Morgan fingerprint density at radius 1 is 1.33 bits per heavy atom. The molecule has 1 saturated carbocycles. The van der Waals surface area contributed by atoms with Crippen molar-refractivity contribution < 1.29 is 9.15 Å². The summed E-state index contributed by atoms with van der Waals surface area (Å²) in [7, 11) is 1.71. The molecule has 0 aromatic carbocycles. The number of methoxy groups -OCH3 is 1. The minimum atomic E-state index is 0.286. The zero-order chi connectivity index (χ0) is 13.4. The van der Waals surface area contributed by atoms with E-state index in [1.54, 1.807) is 13.5 Å².